The maximum atomic E-state index is 5.60. The molecule has 0 aliphatic heterocycles. The molecule has 0 bridgehead atoms. The van der Waals surface area contributed by atoms with Crippen molar-refractivity contribution in [2.75, 3.05) is 6.61 Å². The molecule has 0 aromatic carbocycles. The minimum atomic E-state index is 0.568. The highest BCUT2D eigenvalue weighted by atomic mass is 16.5. The molecule has 1 fully saturated rings. The smallest absolute Gasteiger partial charge is 0.0600 e. The monoisotopic (exact) mass is 142 g/mol. The van der Waals surface area contributed by atoms with Crippen molar-refractivity contribution in [2.24, 2.45) is 5.92 Å². The fourth-order valence-corrected chi connectivity index (χ4v) is 1.61. The van der Waals surface area contributed by atoms with Crippen LogP contribution in [-0.2, 0) is 4.74 Å². The Kier molecular flexibility index (Phi) is 3.20. The summed E-state index contributed by atoms with van der Waals surface area (Å²) in [5.74, 6) is 0.893. The summed E-state index contributed by atoms with van der Waals surface area (Å²) < 4.78 is 5.60. The summed E-state index contributed by atoms with van der Waals surface area (Å²) in [6.07, 6.45) is 5.99. The first kappa shape index (κ1) is 8.06. The SMILES string of the molecule is CCOC(CC)C1CCC1. The lowest BCUT2D eigenvalue weighted by Crippen LogP contribution is -2.28. The summed E-state index contributed by atoms with van der Waals surface area (Å²) in [6, 6.07) is 0. The van der Waals surface area contributed by atoms with Gasteiger partial charge in [0, 0.05) is 6.61 Å². The third kappa shape index (κ3) is 1.72. The average molecular weight is 142 g/mol. The van der Waals surface area contributed by atoms with Crippen LogP contribution in [0.4, 0.5) is 0 Å². The summed E-state index contributed by atoms with van der Waals surface area (Å²) in [7, 11) is 0. The lowest BCUT2D eigenvalue weighted by molar-refractivity contribution is -0.00932. The Bertz CT molecular complexity index is 86.7. The lowest BCUT2D eigenvalue weighted by Gasteiger charge is -2.32. The molecule has 1 unspecified atom stereocenters. The summed E-state index contributed by atoms with van der Waals surface area (Å²) in [5.41, 5.74) is 0. The van der Waals surface area contributed by atoms with Gasteiger partial charge in [-0.25, -0.2) is 0 Å². The Morgan fingerprint density at radius 3 is 2.40 bits per heavy atom. The van der Waals surface area contributed by atoms with Crippen molar-refractivity contribution in [1.29, 1.82) is 0 Å². The normalized spacial score (nSPS) is 22.2. The molecule has 0 saturated heterocycles. The maximum Gasteiger partial charge on any atom is 0.0600 e. The van der Waals surface area contributed by atoms with Crippen molar-refractivity contribution in [3.05, 3.63) is 0 Å². The number of hydrogen-bond acceptors (Lipinski definition) is 1. The molecule has 0 amide bonds. The zero-order valence-electron chi connectivity index (χ0n) is 7.10. The van der Waals surface area contributed by atoms with E-state index in [4.69, 9.17) is 4.74 Å². The van der Waals surface area contributed by atoms with Crippen LogP contribution >= 0.6 is 0 Å². The van der Waals surface area contributed by atoms with E-state index in [1.165, 1.54) is 25.7 Å². The van der Waals surface area contributed by atoms with Crippen molar-refractivity contribution in [2.45, 2.75) is 45.6 Å². The third-order valence-corrected chi connectivity index (χ3v) is 2.46. The molecule has 0 spiro atoms. The zero-order valence-corrected chi connectivity index (χ0v) is 7.10. The van der Waals surface area contributed by atoms with Gasteiger partial charge in [0.05, 0.1) is 6.10 Å². The average Bonchev–Trinajstić information content (AvgIpc) is 1.83. The second-order valence-electron chi connectivity index (χ2n) is 3.09. The van der Waals surface area contributed by atoms with Crippen molar-refractivity contribution in [3.63, 3.8) is 0 Å². The van der Waals surface area contributed by atoms with Gasteiger partial charge in [0.25, 0.3) is 0 Å². The maximum absolute atomic E-state index is 5.60. The van der Waals surface area contributed by atoms with Crippen LogP contribution in [0.15, 0.2) is 0 Å². The van der Waals surface area contributed by atoms with Gasteiger partial charge in [-0.05, 0) is 32.1 Å². The molecule has 1 aliphatic rings. The molecule has 1 rings (SSSR count). The highest BCUT2D eigenvalue weighted by Crippen LogP contribution is 2.32. The minimum Gasteiger partial charge on any atom is -0.378 e. The summed E-state index contributed by atoms with van der Waals surface area (Å²) in [6.45, 7) is 5.19. The number of rotatable bonds is 4. The van der Waals surface area contributed by atoms with Crippen LogP contribution in [0.5, 0.6) is 0 Å². The first-order chi connectivity index (χ1) is 4.88. The van der Waals surface area contributed by atoms with E-state index in [2.05, 4.69) is 13.8 Å². The van der Waals surface area contributed by atoms with Gasteiger partial charge in [0.1, 0.15) is 0 Å². The molecular formula is C9H18O. The van der Waals surface area contributed by atoms with Gasteiger partial charge in [-0.2, -0.15) is 0 Å². The van der Waals surface area contributed by atoms with Gasteiger partial charge in [-0.3, -0.25) is 0 Å². The van der Waals surface area contributed by atoms with E-state index in [1.54, 1.807) is 0 Å². The number of ether oxygens (including phenoxy) is 1. The Labute approximate surface area is 63.8 Å². The third-order valence-electron chi connectivity index (χ3n) is 2.46. The van der Waals surface area contributed by atoms with E-state index in [1.807, 2.05) is 0 Å². The molecule has 1 saturated carbocycles. The van der Waals surface area contributed by atoms with Crippen LogP contribution in [0.1, 0.15) is 39.5 Å². The quantitative estimate of drug-likeness (QED) is 0.586. The molecule has 10 heavy (non-hydrogen) atoms. The highest BCUT2D eigenvalue weighted by molar-refractivity contribution is 4.77. The predicted octanol–water partition coefficient (Wildman–Crippen LogP) is 2.60. The van der Waals surface area contributed by atoms with Gasteiger partial charge >= 0.3 is 0 Å². The first-order valence-electron chi connectivity index (χ1n) is 4.50. The predicted molar refractivity (Wildman–Crippen MR) is 43.0 cm³/mol. The van der Waals surface area contributed by atoms with E-state index in [9.17, 15) is 0 Å². The highest BCUT2D eigenvalue weighted by Gasteiger charge is 2.25. The minimum absolute atomic E-state index is 0.568. The summed E-state index contributed by atoms with van der Waals surface area (Å²) >= 11 is 0. The van der Waals surface area contributed by atoms with Crippen molar-refractivity contribution >= 4 is 0 Å². The fourth-order valence-electron chi connectivity index (χ4n) is 1.61. The fraction of sp³-hybridized carbons (Fsp3) is 1.00. The van der Waals surface area contributed by atoms with E-state index in [0.29, 0.717) is 6.10 Å². The Balaban J connectivity index is 2.17. The van der Waals surface area contributed by atoms with Gasteiger partial charge in [0.15, 0.2) is 0 Å². The Morgan fingerprint density at radius 2 is 2.10 bits per heavy atom. The molecule has 1 aliphatic carbocycles. The van der Waals surface area contributed by atoms with Crippen LogP contribution in [0, 0.1) is 5.92 Å². The second kappa shape index (κ2) is 3.97. The lowest BCUT2D eigenvalue weighted by atomic mass is 9.80. The molecule has 1 nitrogen and oxygen atoms in total. The molecule has 60 valence electrons. The molecule has 0 heterocycles. The molecule has 0 N–H and O–H groups in total. The van der Waals surface area contributed by atoms with Crippen molar-refractivity contribution in [1.82, 2.24) is 0 Å². The molecule has 0 aromatic heterocycles. The Hall–Kier alpha value is -0.0400. The van der Waals surface area contributed by atoms with E-state index >= 15 is 0 Å². The molecule has 0 radical (unpaired) electrons. The van der Waals surface area contributed by atoms with Crippen LogP contribution in [-0.4, -0.2) is 12.7 Å². The molecule has 0 aromatic rings. The van der Waals surface area contributed by atoms with E-state index in [0.717, 1.165) is 12.5 Å². The largest absolute Gasteiger partial charge is 0.378 e. The Morgan fingerprint density at radius 1 is 1.40 bits per heavy atom. The topological polar surface area (TPSA) is 9.23 Å². The first-order valence-corrected chi connectivity index (χ1v) is 4.50. The molecule has 1 atom stereocenters. The molecule has 1 heteroatoms. The van der Waals surface area contributed by atoms with Crippen LogP contribution in [0.2, 0.25) is 0 Å². The van der Waals surface area contributed by atoms with E-state index < -0.39 is 0 Å². The van der Waals surface area contributed by atoms with Crippen LogP contribution in [0.3, 0.4) is 0 Å². The zero-order chi connectivity index (χ0) is 7.40. The standard InChI is InChI=1S/C9H18O/c1-3-9(10-4-2)8-6-5-7-8/h8-9H,3-7H2,1-2H3. The molecular weight excluding hydrogens is 124 g/mol. The van der Waals surface area contributed by atoms with Gasteiger partial charge in [-0.1, -0.05) is 13.3 Å². The summed E-state index contributed by atoms with van der Waals surface area (Å²) in [4.78, 5) is 0. The van der Waals surface area contributed by atoms with Crippen LogP contribution < -0.4 is 0 Å². The van der Waals surface area contributed by atoms with Gasteiger partial charge in [0.2, 0.25) is 0 Å². The second-order valence-corrected chi connectivity index (χ2v) is 3.09. The number of hydrogen-bond donors (Lipinski definition) is 0. The van der Waals surface area contributed by atoms with Gasteiger partial charge < -0.3 is 4.74 Å². The van der Waals surface area contributed by atoms with Crippen LogP contribution in [0.25, 0.3) is 0 Å². The van der Waals surface area contributed by atoms with Gasteiger partial charge in [-0.15, -0.1) is 0 Å². The summed E-state index contributed by atoms with van der Waals surface area (Å²) in [5, 5.41) is 0. The van der Waals surface area contributed by atoms with Crippen molar-refractivity contribution < 1.29 is 4.74 Å². The van der Waals surface area contributed by atoms with E-state index in [-0.39, 0.29) is 0 Å². The van der Waals surface area contributed by atoms with Crippen molar-refractivity contribution in [3.8, 4) is 0 Å².